The molecule has 1 aromatic heterocycles. The predicted octanol–water partition coefficient (Wildman–Crippen LogP) is 1.94. The molecule has 0 radical (unpaired) electrons. The summed E-state index contributed by atoms with van der Waals surface area (Å²) in [5, 5.41) is 26.9. The fourth-order valence-electron chi connectivity index (χ4n) is 4.20. The second-order valence-electron chi connectivity index (χ2n) is 7.65. The molecule has 162 valence electrons. The maximum Gasteiger partial charge on any atom is 0.407 e. The van der Waals surface area contributed by atoms with Gasteiger partial charge in [-0.15, -0.1) is 0 Å². The first kappa shape index (κ1) is 20.6. The average Bonchev–Trinajstić information content (AvgIpc) is 3.11. The first-order chi connectivity index (χ1) is 14.9. The van der Waals surface area contributed by atoms with Crippen molar-refractivity contribution in [2.24, 2.45) is 17.6 Å². The molecule has 3 heterocycles. The van der Waals surface area contributed by atoms with Crippen molar-refractivity contribution in [2.75, 3.05) is 25.1 Å². The second-order valence-corrected chi connectivity index (χ2v) is 7.65. The Labute approximate surface area is 177 Å². The Balaban J connectivity index is 1.74. The van der Waals surface area contributed by atoms with Crippen LogP contribution < -0.4 is 11.1 Å². The van der Waals surface area contributed by atoms with Crippen molar-refractivity contribution < 1.29 is 23.8 Å². The predicted molar refractivity (Wildman–Crippen MR) is 106 cm³/mol. The average molecular weight is 428 g/mol. The van der Waals surface area contributed by atoms with Gasteiger partial charge in [0.15, 0.2) is 5.82 Å². The van der Waals surface area contributed by atoms with Crippen LogP contribution in [-0.4, -0.2) is 57.6 Å². The lowest BCUT2D eigenvalue weighted by molar-refractivity contribution is -0.0955. The first-order valence-electron chi connectivity index (χ1n) is 9.77. The molecule has 2 aliphatic heterocycles. The molecule has 2 aliphatic rings. The summed E-state index contributed by atoms with van der Waals surface area (Å²) in [6.07, 6.45) is 0.690. The van der Waals surface area contributed by atoms with Crippen LogP contribution in [0.1, 0.15) is 22.8 Å². The molecule has 10 nitrogen and oxygen atoms in total. The highest BCUT2D eigenvalue weighted by Crippen LogP contribution is 2.39. The number of likely N-dealkylation sites (tertiary alicyclic amines) is 1. The number of rotatable bonds is 5. The Hall–Kier alpha value is -3.65. The van der Waals surface area contributed by atoms with Gasteiger partial charge in [-0.1, -0.05) is 0 Å². The minimum absolute atomic E-state index is 0.0806. The Morgan fingerprint density at radius 3 is 2.55 bits per heavy atom. The van der Waals surface area contributed by atoms with Gasteiger partial charge in [-0.3, -0.25) is 9.48 Å². The van der Waals surface area contributed by atoms with Crippen LogP contribution in [0.2, 0.25) is 0 Å². The Kier molecular flexibility index (Phi) is 5.48. The van der Waals surface area contributed by atoms with E-state index in [-0.39, 0.29) is 23.8 Å². The molecule has 0 spiro atoms. The van der Waals surface area contributed by atoms with E-state index >= 15 is 0 Å². The van der Waals surface area contributed by atoms with Crippen molar-refractivity contribution in [3.63, 3.8) is 0 Å². The summed E-state index contributed by atoms with van der Waals surface area (Å²) in [7, 11) is 0. The van der Waals surface area contributed by atoms with Gasteiger partial charge in [0.25, 0.3) is 5.91 Å². The van der Waals surface area contributed by atoms with Gasteiger partial charge in [0.05, 0.1) is 37.3 Å². The molecule has 2 fully saturated rings. The smallest absolute Gasteiger partial charge is 0.407 e. The van der Waals surface area contributed by atoms with Gasteiger partial charge in [-0.05, 0) is 30.7 Å². The SMILES string of the molecule is N#CC1CCN(C(=O)O)C(C2COC2)C1n1cc(C(N)=O)c(Nc2ccc(F)cc2)n1. The van der Waals surface area contributed by atoms with E-state index < -0.39 is 35.8 Å². The fourth-order valence-corrected chi connectivity index (χ4v) is 4.20. The lowest BCUT2D eigenvalue weighted by Crippen LogP contribution is -2.59. The van der Waals surface area contributed by atoms with Crippen molar-refractivity contribution in [1.29, 1.82) is 5.26 Å². The second kappa shape index (κ2) is 8.23. The number of benzene rings is 1. The number of hydrogen-bond donors (Lipinski definition) is 3. The van der Waals surface area contributed by atoms with E-state index in [4.69, 9.17) is 10.5 Å². The maximum atomic E-state index is 13.2. The van der Waals surface area contributed by atoms with Crippen molar-refractivity contribution in [3.8, 4) is 6.07 Å². The number of primary amides is 1. The molecule has 3 atom stereocenters. The number of carbonyl (C=O) groups excluding carboxylic acids is 1. The number of nitrogens with two attached hydrogens (primary N) is 1. The van der Waals surface area contributed by atoms with Crippen LogP contribution in [0.5, 0.6) is 0 Å². The number of anilines is 2. The number of amides is 2. The maximum absolute atomic E-state index is 13.2. The highest BCUT2D eigenvalue weighted by Gasteiger charge is 2.48. The van der Waals surface area contributed by atoms with E-state index in [0.29, 0.717) is 25.3 Å². The molecular weight excluding hydrogens is 407 g/mol. The number of hydrogen-bond acceptors (Lipinski definition) is 6. The molecule has 0 saturated carbocycles. The van der Waals surface area contributed by atoms with E-state index in [1.165, 1.54) is 40.0 Å². The molecule has 4 N–H and O–H groups in total. The van der Waals surface area contributed by atoms with Gasteiger partial charge >= 0.3 is 6.09 Å². The van der Waals surface area contributed by atoms with Crippen molar-refractivity contribution >= 4 is 23.5 Å². The fraction of sp³-hybridized carbons (Fsp3) is 0.400. The molecule has 0 bridgehead atoms. The lowest BCUT2D eigenvalue weighted by atomic mass is 9.79. The summed E-state index contributed by atoms with van der Waals surface area (Å²) < 4.78 is 19.9. The zero-order valence-corrected chi connectivity index (χ0v) is 16.4. The van der Waals surface area contributed by atoms with Crippen LogP contribution in [0.4, 0.5) is 20.7 Å². The topological polar surface area (TPSA) is 146 Å². The summed E-state index contributed by atoms with van der Waals surface area (Å²) in [5.41, 5.74) is 6.10. The van der Waals surface area contributed by atoms with E-state index in [9.17, 15) is 24.3 Å². The van der Waals surface area contributed by atoms with Gasteiger partial charge in [-0.25, -0.2) is 9.18 Å². The van der Waals surface area contributed by atoms with Crippen molar-refractivity contribution in [1.82, 2.24) is 14.7 Å². The Bertz CT molecular complexity index is 1030. The van der Waals surface area contributed by atoms with Gasteiger partial charge in [0.1, 0.15) is 11.4 Å². The minimum Gasteiger partial charge on any atom is -0.465 e. The molecule has 4 rings (SSSR count). The van der Waals surface area contributed by atoms with Crippen molar-refractivity contribution in [3.05, 3.63) is 41.8 Å². The molecule has 2 aromatic rings. The molecule has 2 amide bonds. The van der Waals surface area contributed by atoms with Crippen LogP contribution in [-0.2, 0) is 4.74 Å². The van der Waals surface area contributed by atoms with Crippen LogP contribution in [0.25, 0.3) is 0 Å². The number of piperidine rings is 1. The Morgan fingerprint density at radius 1 is 1.29 bits per heavy atom. The summed E-state index contributed by atoms with van der Waals surface area (Å²) in [6.45, 7) is 0.997. The summed E-state index contributed by atoms with van der Waals surface area (Å²) in [4.78, 5) is 25.3. The summed E-state index contributed by atoms with van der Waals surface area (Å²) in [5.74, 6) is -1.61. The zero-order valence-electron chi connectivity index (χ0n) is 16.4. The molecule has 2 saturated heterocycles. The van der Waals surface area contributed by atoms with Crippen molar-refractivity contribution in [2.45, 2.75) is 18.5 Å². The highest BCUT2D eigenvalue weighted by molar-refractivity contribution is 5.98. The van der Waals surface area contributed by atoms with E-state index in [0.717, 1.165) is 0 Å². The zero-order chi connectivity index (χ0) is 22.1. The van der Waals surface area contributed by atoms with Crippen LogP contribution in [0.15, 0.2) is 30.5 Å². The van der Waals surface area contributed by atoms with Gasteiger partial charge in [0, 0.05) is 24.3 Å². The van der Waals surface area contributed by atoms with Gasteiger partial charge in [-0.2, -0.15) is 10.4 Å². The van der Waals surface area contributed by atoms with E-state index in [1.54, 1.807) is 0 Å². The number of nitrogens with zero attached hydrogens (tertiary/aromatic N) is 4. The number of aromatic nitrogens is 2. The molecule has 3 unspecified atom stereocenters. The molecule has 0 aliphatic carbocycles. The van der Waals surface area contributed by atoms with Crippen LogP contribution in [0, 0.1) is 29.0 Å². The minimum atomic E-state index is -1.08. The third-order valence-electron chi connectivity index (χ3n) is 5.77. The standard InChI is InChI=1S/C20H21FN6O4/c21-13-1-3-14(4-2-13)24-19-15(18(23)28)8-27(25-19)17-11(7-22)5-6-26(20(29)30)16(17)12-9-31-10-12/h1-4,8,11-12,16-17H,5-6,9-10H2,(H2,23,28)(H,24,25)(H,29,30). The van der Waals surface area contributed by atoms with E-state index in [1.807, 2.05) is 0 Å². The van der Waals surface area contributed by atoms with Crippen LogP contribution >= 0.6 is 0 Å². The third kappa shape index (κ3) is 3.89. The highest BCUT2D eigenvalue weighted by atomic mass is 19.1. The largest absolute Gasteiger partial charge is 0.465 e. The van der Waals surface area contributed by atoms with Gasteiger partial charge in [0.2, 0.25) is 0 Å². The molecule has 11 heteroatoms. The number of carboxylic acid groups (broad SMARTS) is 1. The number of nitrogens with one attached hydrogen (secondary N) is 1. The number of nitriles is 1. The van der Waals surface area contributed by atoms with E-state index in [2.05, 4.69) is 16.5 Å². The molecule has 1 aromatic carbocycles. The number of ether oxygens (including phenoxy) is 1. The van der Waals surface area contributed by atoms with Gasteiger partial charge < -0.3 is 25.8 Å². The monoisotopic (exact) mass is 428 g/mol. The summed E-state index contributed by atoms with van der Waals surface area (Å²) >= 11 is 0. The van der Waals surface area contributed by atoms with Crippen LogP contribution in [0.3, 0.4) is 0 Å². The first-order valence-corrected chi connectivity index (χ1v) is 9.77. The quantitative estimate of drug-likeness (QED) is 0.659. The lowest BCUT2D eigenvalue weighted by Gasteiger charge is -2.48. The number of carbonyl (C=O) groups is 2. The summed E-state index contributed by atoms with van der Waals surface area (Å²) in [6, 6.07) is 6.59. The molecular formula is C20H21FN6O4. The Morgan fingerprint density at radius 2 is 2.00 bits per heavy atom. The molecule has 31 heavy (non-hydrogen) atoms. The normalized spacial score (nSPS) is 23.6. The third-order valence-corrected chi connectivity index (χ3v) is 5.77. The number of halogens is 1.